The monoisotopic (exact) mass is 309 g/mol. The Balaban J connectivity index is 2.32. The molecule has 1 aromatic carbocycles. The molecule has 0 spiro atoms. The third-order valence-corrected chi connectivity index (χ3v) is 3.04. The molecule has 0 bridgehead atoms. The Labute approximate surface area is 127 Å². The summed E-state index contributed by atoms with van der Waals surface area (Å²) in [5, 5.41) is 5.21. The van der Waals surface area contributed by atoms with Gasteiger partial charge in [0.05, 0.1) is 17.9 Å². The number of benzene rings is 1. The molecular formula is C14H13Cl2N3O. The van der Waals surface area contributed by atoms with Gasteiger partial charge in [-0.25, -0.2) is 4.98 Å². The SMILES string of the molecule is C/C=C/O/N=C(/Cn1ccnc1)c1ccc(Cl)cc1Cl. The molecule has 0 aliphatic heterocycles. The number of halogens is 2. The predicted octanol–water partition coefficient (Wildman–Crippen LogP) is 4.14. The highest BCUT2D eigenvalue weighted by Gasteiger charge is 2.10. The van der Waals surface area contributed by atoms with E-state index in [0.29, 0.717) is 22.3 Å². The maximum absolute atomic E-state index is 6.21. The fourth-order valence-electron chi connectivity index (χ4n) is 1.59. The molecule has 0 aliphatic carbocycles. The van der Waals surface area contributed by atoms with Crippen LogP contribution in [0.15, 0.2) is 54.4 Å². The molecule has 1 heterocycles. The number of hydrogen-bond donors (Lipinski definition) is 0. The zero-order chi connectivity index (χ0) is 14.4. The Morgan fingerprint density at radius 2 is 2.30 bits per heavy atom. The van der Waals surface area contributed by atoms with Crippen LogP contribution in [0.2, 0.25) is 10.0 Å². The minimum atomic E-state index is 0.499. The zero-order valence-electron chi connectivity index (χ0n) is 10.8. The van der Waals surface area contributed by atoms with Crippen molar-refractivity contribution in [1.82, 2.24) is 9.55 Å². The van der Waals surface area contributed by atoms with Gasteiger partial charge in [-0.05, 0) is 31.2 Å². The molecule has 0 aliphatic rings. The number of aromatic nitrogens is 2. The average Bonchev–Trinajstić information content (AvgIpc) is 2.91. The van der Waals surface area contributed by atoms with Crippen molar-refractivity contribution in [3.8, 4) is 0 Å². The van der Waals surface area contributed by atoms with Gasteiger partial charge in [-0.2, -0.15) is 0 Å². The molecule has 6 heteroatoms. The smallest absolute Gasteiger partial charge is 0.117 e. The highest BCUT2D eigenvalue weighted by Crippen LogP contribution is 2.22. The van der Waals surface area contributed by atoms with Crippen LogP contribution in [0.1, 0.15) is 12.5 Å². The molecule has 0 N–H and O–H groups in total. The minimum absolute atomic E-state index is 0.499. The number of rotatable bonds is 5. The molecular weight excluding hydrogens is 297 g/mol. The van der Waals surface area contributed by atoms with Crippen LogP contribution in [0.5, 0.6) is 0 Å². The van der Waals surface area contributed by atoms with E-state index < -0.39 is 0 Å². The lowest BCUT2D eigenvalue weighted by Gasteiger charge is -2.09. The van der Waals surface area contributed by atoms with Crippen molar-refractivity contribution in [2.45, 2.75) is 13.5 Å². The second-order valence-corrected chi connectivity index (χ2v) is 4.82. The largest absolute Gasteiger partial charge is 0.365 e. The van der Waals surface area contributed by atoms with Gasteiger partial charge in [0, 0.05) is 23.0 Å². The summed E-state index contributed by atoms with van der Waals surface area (Å²) in [6, 6.07) is 5.26. The highest BCUT2D eigenvalue weighted by molar-refractivity contribution is 6.37. The number of nitrogens with zero attached hydrogens (tertiary/aromatic N) is 3. The van der Waals surface area contributed by atoms with E-state index in [1.54, 1.807) is 30.7 Å². The van der Waals surface area contributed by atoms with E-state index in [4.69, 9.17) is 28.0 Å². The second kappa shape index (κ2) is 7.12. The lowest BCUT2D eigenvalue weighted by Crippen LogP contribution is -2.11. The molecule has 4 nitrogen and oxygen atoms in total. The average molecular weight is 310 g/mol. The first-order valence-electron chi connectivity index (χ1n) is 5.95. The van der Waals surface area contributed by atoms with Gasteiger partial charge in [-0.15, -0.1) is 0 Å². The van der Waals surface area contributed by atoms with E-state index >= 15 is 0 Å². The van der Waals surface area contributed by atoms with Crippen molar-refractivity contribution in [2.75, 3.05) is 0 Å². The first-order valence-corrected chi connectivity index (χ1v) is 6.71. The van der Waals surface area contributed by atoms with Crippen molar-refractivity contribution in [3.63, 3.8) is 0 Å². The van der Waals surface area contributed by atoms with Gasteiger partial charge in [0.15, 0.2) is 0 Å². The fraction of sp³-hybridized carbons (Fsp3) is 0.143. The summed E-state index contributed by atoms with van der Waals surface area (Å²) in [5.74, 6) is 0. The fourth-order valence-corrected chi connectivity index (χ4v) is 2.11. The van der Waals surface area contributed by atoms with Crippen LogP contribution in [0, 0.1) is 0 Å². The predicted molar refractivity (Wildman–Crippen MR) is 81.1 cm³/mol. The third-order valence-electron chi connectivity index (χ3n) is 2.49. The number of oxime groups is 1. The Hall–Kier alpha value is -1.78. The van der Waals surface area contributed by atoms with Crippen LogP contribution in [0.4, 0.5) is 0 Å². The molecule has 1 aromatic heterocycles. The maximum Gasteiger partial charge on any atom is 0.117 e. The quantitative estimate of drug-likeness (QED) is 0.473. The van der Waals surface area contributed by atoms with Crippen molar-refractivity contribution in [3.05, 3.63) is 64.9 Å². The summed E-state index contributed by atoms with van der Waals surface area (Å²) in [7, 11) is 0. The zero-order valence-corrected chi connectivity index (χ0v) is 12.3. The molecule has 0 unspecified atom stereocenters. The molecule has 0 radical (unpaired) electrons. The molecule has 2 rings (SSSR count). The Morgan fingerprint density at radius 3 is 2.95 bits per heavy atom. The molecule has 0 atom stereocenters. The van der Waals surface area contributed by atoms with E-state index in [9.17, 15) is 0 Å². The van der Waals surface area contributed by atoms with Gasteiger partial charge in [0.1, 0.15) is 12.0 Å². The van der Waals surface area contributed by atoms with Crippen molar-refractivity contribution in [1.29, 1.82) is 0 Å². The van der Waals surface area contributed by atoms with Gasteiger partial charge in [0.2, 0.25) is 0 Å². The highest BCUT2D eigenvalue weighted by atomic mass is 35.5. The van der Waals surface area contributed by atoms with Gasteiger partial charge in [-0.3, -0.25) is 0 Å². The van der Waals surface area contributed by atoms with Crippen LogP contribution in [0.25, 0.3) is 0 Å². The minimum Gasteiger partial charge on any atom is -0.365 e. The Bertz CT molecular complexity index is 621. The lowest BCUT2D eigenvalue weighted by atomic mass is 10.1. The van der Waals surface area contributed by atoms with E-state index in [0.717, 1.165) is 5.56 Å². The second-order valence-electron chi connectivity index (χ2n) is 3.97. The first-order chi connectivity index (χ1) is 9.70. The Kier molecular flexibility index (Phi) is 5.21. The van der Waals surface area contributed by atoms with Gasteiger partial charge < -0.3 is 9.40 Å². The van der Waals surface area contributed by atoms with E-state index in [-0.39, 0.29) is 0 Å². The maximum atomic E-state index is 6.21. The van der Waals surface area contributed by atoms with Crippen LogP contribution in [-0.4, -0.2) is 15.3 Å². The molecule has 20 heavy (non-hydrogen) atoms. The summed E-state index contributed by atoms with van der Waals surface area (Å²) in [6.07, 6.45) is 8.50. The third kappa shape index (κ3) is 3.85. The number of allylic oxidation sites excluding steroid dienone is 1. The van der Waals surface area contributed by atoms with Crippen molar-refractivity contribution in [2.24, 2.45) is 5.16 Å². The summed E-state index contributed by atoms with van der Waals surface area (Å²) < 4.78 is 1.88. The molecule has 0 saturated carbocycles. The van der Waals surface area contributed by atoms with Crippen LogP contribution in [-0.2, 0) is 11.4 Å². The number of imidazole rings is 1. The normalized spacial score (nSPS) is 12.1. The molecule has 104 valence electrons. The van der Waals surface area contributed by atoms with E-state index in [1.165, 1.54) is 6.26 Å². The summed E-state index contributed by atoms with van der Waals surface area (Å²) in [6.45, 7) is 2.35. The van der Waals surface area contributed by atoms with Crippen LogP contribution < -0.4 is 0 Å². The molecule has 0 amide bonds. The standard InChI is InChI=1S/C14H13Cl2N3O/c1-2-7-20-18-14(9-19-6-5-17-10-19)12-4-3-11(15)8-13(12)16/h2-8,10H,9H2,1H3/b7-2+,18-14-. The first kappa shape index (κ1) is 14.6. The Morgan fingerprint density at radius 1 is 1.45 bits per heavy atom. The van der Waals surface area contributed by atoms with Gasteiger partial charge in [-0.1, -0.05) is 28.4 Å². The summed E-state index contributed by atoms with van der Waals surface area (Å²) in [5.41, 5.74) is 1.46. The summed E-state index contributed by atoms with van der Waals surface area (Å²) in [4.78, 5) is 9.12. The summed E-state index contributed by atoms with van der Waals surface area (Å²) >= 11 is 12.1. The molecule has 0 saturated heterocycles. The van der Waals surface area contributed by atoms with E-state index in [1.807, 2.05) is 23.8 Å². The van der Waals surface area contributed by atoms with Crippen molar-refractivity contribution >= 4 is 28.9 Å². The van der Waals surface area contributed by atoms with Crippen LogP contribution >= 0.6 is 23.2 Å². The van der Waals surface area contributed by atoms with Gasteiger partial charge >= 0.3 is 0 Å². The number of hydrogen-bond acceptors (Lipinski definition) is 3. The lowest BCUT2D eigenvalue weighted by molar-refractivity contribution is 0.266. The van der Waals surface area contributed by atoms with Crippen LogP contribution in [0.3, 0.4) is 0 Å². The van der Waals surface area contributed by atoms with E-state index in [2.05, 4.69) is 10.1 Å². The van der Waals surface area contributed by atoms with Crippen molar-refractivity contribution < 1.29 is 4.84 Å². The van der Waals surface area contributed by atoms with Gasteiger partial charge in [0.25, 0.3) is 0 Å². The topological polar surface area (TPSA) is 39.4 Å². The molecule has 0 fully saturated rings. The molecule has 2 aromatic rings.